The summed E-state index contributed by atoms with van der Waals surface area (Å²) in [6.07, 6.45) is 3.42. The number of para-hydroxylation sites is 1. The zero-order chi connectivity index (χ0) is 22.3. The summed E-state index contributed by atoms with van der Waals surface area (Å²) in [5.74, 6) is 1.35. The third-order valence-corrected chi connectivity index (χ3v) is 5.11. The van der Waals surface area contributed by atoms with Crippen LogP contribution in [0.2, 0.25) is 0 Å². The molecule has 1 saturated heterocycles. The molecule has 2 aromatic carbocycles. The van der Waals surface area contributed by atoms with Gasteiger partial charge < -0.3 is 10.2 Å². The predicted octanol–water partition coefficient (Wildman–Crippen LogP) is 4.35. The predicted molar refractivity (Wildman–Crippen MR) is 125 cm³/mol. The molecule has 0 saturated carbocycles. The minimum atomic E-state index is -0.428. The molecule has 10 nitrogen and oxygen atoms in total. The van der Waals surface area contributed by atoms with E-state index in [9.17, 15) is 10.1 Å². The van der Waals surface area contributed by atoms with Gasteiger partial charge in [0.15, 0.2) is 0 Å². The normalized spacial score (nSPS) is 14.2. The minimum Gasteiger partial charge on any atom is -0.341 e. The number of piperidine rings is 1. The van der Waals surface area contributed by atoms with E-state index in [2.05, 4.69) is 35.7 Å². The van der Waals surface area contributed by atoms with Gasteiger partial charge in [0.2, 0.25) is 17.8 Å². The van der Waals surface area contributed by atoms with Gasteiger partial charge in [-0.3, -0.25) is 10.1 Å². The van der Waals surface area contributed by atoms with Gasteiger partial charge in [-0.15, -0.1) is 0 Å². The summed E-state index contributed by atoms with van der Waals surface area (Å²) in [5, 5.41) is 18.4. The van der Waals surface area contributed by atoms with Crippen molar-refractivity contribution < 1.29 is 4.92 Å². The SMILES string of the molecule is CC(=NNc1nc(Nc2ccccc2)nc(N2CCCCC2)n1)c1ccc([N+](=O)[O-])cc1. The molecule has 0 bridgehead atoms. The van der Waals surface area contributed by atoms with Crippen LogP contribution in [0, 0.1) is 10.1 Å². The molecule has 32 heavy (non-hydrogen) atoms. The average molecular weight is 432 g/mol. The maximum Gasteiger partial charge on any atom is 0.269 e. The number of nitro groups is 1. The van der Waals surface area contributed by atoms with Crippen molar-refractivity contribution in [3.05, 3.63) is 70.3 Å². The standard InChI is InChI=1S/C22H24N8O2/c1-16(17-10-12-19(13-11-17)30(31)32)27-28-21-24-20(23-18-8-4-2-5-9-18)25-22(26-21)29-14-6-3-7-15-29/h2,4-5,8-13H,3,6-7,14-15H2,1H3,(H2,23,24,25,26,28). The molecule has 1 fully saturated rings. The van der Waals surface area contributed by atoms with Gasteiger partial charge in [0, 0.05) is 30.9 Å². The lowest BCUT2D eigenvalue weighted by Crippen LogP contribution is -2.31. The summed E-state index contributed by atoms with van der Waals surface area (Å²) in [4.78, 5) is 26.2. The summed E-state index contributed by atoms with van der Waals surface area (Å²) in [6, 6.07) is 15.9. The number of nitro benzene ring substituents is 1. The third-order valence-electron chi connectivity index (χ3n) is 5.11. The van der Waals surface area contributed by atoms with Gasteiger partial charge in [-0.1, -0.05) is 18.2 Å². The highest BCUT2D eigenvalue weighted by Crippen LogP contribution is 2.21. The Morgan fingerprint density at radius 2 is 1.66 bits per heavy atom. The molecule has 0 radical (unpaired) electrons. The number of benzene rings is 2. The second-order valence-corrected chi connectivity index (χ2v) is 7.43. The number of hydrogen-bond acceptors (Lipinski definition) is 9. The van der Waals surface area contributed by atoms with Crippen molar-refractivity contribution in [2.75, 3.05) is 28.7 Å². The highest BCUT2D eigenvalue weighted by Gasteiger charge is 2.16. The number of rotatable bonds is 7. The van der Waals surface area contributed by atoms with E-state index in [0.717, 1.165) is 37.2 Å². The Morgan fingerprint density at radius 3 is 2.34 bits per heavy atom. The molecule has 164 valence electrons. The number of aromatic nitrogens is 3. The molecule has 0 spiro atoms. The molecule has 0 aliphatic carbocycles. The van der Waals surface area contributed by atoms with Crippen molar-refractivity contribution in [1.29, 1.82) is 0 Å². The van der Waals surface area contributed by atoms with Crippen LogP contribution in [0.25, 0.3) is 0 Å². The Labute approximate surface area is 185 Å². The average Bonchev–Trinajstić information content (AvgIpc) is 2.83. The van der Waals surface area contributed by atoms with Gasteiger partial charge in [0.1, 0.15) is 0 Å². The van der Waals surface area contributed by atoms with Gasteiger partial charge in [0.05, 0.1) is 10.6 Å². The first-order chi connectivity index (χ1) is 15.6. The molecular formula is C22H24N8O2. The molecule has 0 atom stereocenters. The molecular weight excluding hydrogens is 408 g/mol. The number of nitrogens with zero attached hydrogens (tertiary/aromatic N) is 6. The number of anilines is 4. The maximum absolute atomic E-state index is 10.8. The summed E-state index contributed by atoms with van der Waals surface area (Å²) < 4.78 is 0. The Bertz CT molecular complexity index is 1100. The van der Waals surface area contributed by atoms with Crippen LogP contribution in [0.3, 0.4) is 0 Å². The Balaban J connectivity index is 1.57. The lowest BCUT2D eigenvalue weighted by atomic mass is 10.1. The van der Waals surface area contributed by atoms with Crippen LogP contribution in [0.1, 0.15) is 31.7 Å². The van der Waals surface area contributed by atoms with Gasteiger partial charge in [0.25, 0.3) is 5.69 Å². The highest BCUT2D eigenvalue weighted by atomic mass is 16.6. The number of non-ortho nitro benzene ring substituents is 1. The fourth-order valence-corrected chi connectivity index (χ4v) is 3.38. The second-order valence-electron chi connectivity index (χ2n) is 7.43. The van der Waals surface area contributed by atoms with E-state index < -0.39 is 4.92 Å². The molecule has 1 aliphatic heterocycles. The number of hydrogen-bond donors (Lipinski definition) is 2. The van der Waals surface area contributed by atoms with Crippen molar-refractivity contribution >= 4 is 34.9 Å². The molecule has 3 aromatic rings. The van der Waals surface area contributed by atoms with Crippen LogP contribution >= 0.6 is 0 Å². The summed E-state index contributed by atoms with van der Waals surface area (Å²) in [5.41, 5.74) is 5.23. The summed E-state index contributed by atoms with van der Waals surface area (Å²) in [7, 11) is 0. The van der Waals surface area contributed by atoms with Crippen LogP contribution in [0.4, 0.5) is 29.2 Å². The van der Waals surface area contributed by atoms with Crippen LogP contribution < -0.4 is 15.6 Å². The Hall–Kier alpha value is -4.08. The van der Waals surface area contributed by atoms with E-state index in [1.807, 2.05) is 37.3 Å². The van der Waals surface area contributed by atoms with Crippen LogP contribution in [0.5, 0.6) is 0 Å². The lowest BCUT2D eigenvalue weighted by Gasteiger charge is -2.26. The minimum absolute atomic E-state index is 0.0368. The van der Waals surface area contributed by atoms with Crippen molar-refractivity contribution in [1.82, 2.24) is 15.0 Å². The number of hydrazone groups is 1. The molecule has 2 N–H and O–H groups in total. The zero-order valence-electron chi connectivity index (χ0n) is 17.7. The third kappa shape index (κ3) is 5.34. The summed E-state index contributed by atoms with van der Waals surface area (Å²) >= 11 is 0. The van der Waals surface area contributed by atoms with Crippen molar-refractivity contribution in [3.8, 4) is 0 Å². The van der Waals surface area contributed by atoms with Crippen LogP contribution in [0.15, 0.2) is 59.7 Å². The lowest BCUT2D eigenvalue weighted by molar-refractivity contribution is -0.384. The second kappa shape index (κ2) is 9.82. The van der Waals surface area contributed by atoms with Gasteiger partial charge in [-0.2, -0.15) is 20.1 Å². The maximum atomic E-state index is 10.8. The molecule has 1 aliphatic rings. The fourth-order valence-electron chi connectivity index (χ4n) is 3.38. The molecule has 10 heteroatoms. The summed E-state index contributed by atoms with van der Waals surface area (Å²) in [6.45, 7) is 3.61. The van der Waals surface area contributed by atoms with Gasteiger partial charge >= 0.3 is 0 Å². The van der Waals surface area contributed by atoms with E-state index >= 15 is 0 Å². The molecule has 0 amide bonds. The van der Waals surface area contributed by atoms with E-state index in [1.165, 1.54) is 18.6 Å². The quantitative estimate of drug-likeness (QED) is 0.321. The van der Waals surface area contributed by atoms with Crippen molar-refractivity contribution in [2.24, 2.45) is 5.10 Å². The molecule has 0 unspecified atom stereocenters. The molecule has 1 aromatic heterocycles. The van der Waals surface area contributed by atoms with Gasteiger partial charge in [-0.05, 0) is 56.0 Å². The zero-order valence-corrected chi connectivity index (χ0v) is 17.7. The molecule has 4 rings (SSSR count). The Kier molecular flexibility index (Phi) is 6.49. The monoisotopic (exact) mass is 432 g/mol. The first-order valence-corrected chi connectivity index (χ1v) is 10.5. The van der Waals surface area contributed by atoms with E-state index in [1.54, 1.807) is 12.1 Å². The van der Waals surface area contributed by atoms with Crippen molar-refractivity contribution in [2.45, 2.75) is 26.2 Å². The van der Waals surface area contributed by atoms with E-state index in [4.69, 9.17) is 0 Å². The van der Waals surface area contributed by atoms with Gasteiger partial charge in [-0.25, -0.2) is 5.43 Å². The molecule has 2 heterocycles. The Morgan fingerprint density at radius 1 is 0.969 bits per heavy atom. The smallest absolute Gasteiger partial charge is 0.269 e. The first kappa shape index (κ1) is 21.2. The van der Waals surface area contributed by atoms with Crippen LogP contribution in [-0.2, 0) is 0 Å². The van der Waals surface area contributed by atoms with Crippen LogP contribution in [-0.4, -0.2) is 38.7 Å². The van der Waals surface area contributed by atoms with E-state index in [-0.39, 0.29) is 5.69 Å². The van der Waals surface area contributed by atoms with Crippen molar-refractivity contribution in [3.63, 3.8) is 0 Å². The number of nitrogens with one attached hydrogen (secondary N) is 2. The largest absolute Gasteiger partial charge is 0.341 e. The van der Waals surface area contributed by atoms with E-state index in [0.29, 0.717) is 23.6 Å². The fraction of sp³-hybridized carbons (Fsp3) is 0.273. The first-order valence-electron chi connectivity index (χ1n) is 10.5. The topological polar surface area (TPSA) is 121 Å². The highest BCUT2D eigenvalue weighted by molar-refractivity contribution is 5.99.